The number of β-amino-alcohol motifs (C(OH)–C–C–N with tert-alkyl or cyclic N) is 1. The molecule has 29 heavy (non-hydrogen) atoms. The third-order valence-electron chi connectivity index (χ3n) is 4.96. The Hall–Kier alpha value is -2.61. The molecule has 1 amide bonds. The molecule has 1 aliphatic rings. The van der Waals surface area contributed by atoms with Crippen LogP contribution in [0.25, 0.3) is 0 Å². The summed E-state index contributed by atoms with van der Waals surface area (Å²) in [6.45, 7) is 6.95. The molecule has 0 bridgehead atoms. The van der Waals surface area contributed by atoms with E-state index in [1.165, 1.54) is 5.56 Å². The Morgan fingerprint density at radius 1 is 1.28 bits per heavy atom. The highest BCUT2D eigenvalue weighted by Gasteiger charge is 2.34. The molecular formula is C21H30N4O4. The van der Waals surface area contributed by atoms with Gasteiger partial charge in [-0.15, -0.1) is 5.10 Å². The van der Waals surface area contributed by atoms with Crippen molar-refractivity contribution in [3.63, 3.8) is 0 Å². The maximum absolute atomic E-state index is 12.2. The van der Waals surface area contributed by atoms with E-state index in [-0.39, 0.29) is 12.5 Å². The van der Waals surface area contributed by atoms with Gasteiger partial charge in [0, 0.05) is 25.2 Å². The van der Waals surface area contributed by atoms with Crippen LogP contribution in [0.2, 0.25) is 0 Å². The topological polar surface area (TPSA) is 89.7 Å². The first-order valence-corrected chi connectivity index (χ1v) is 9.94. The average molecular weight is 402 g/mol. The molecular weight excluding hydrogens is 372 g/mol. The number of likely N-dealkylation sites (tertiary alicyclic amines) is 1. The van der Waals surface area contributed by atoms with Gasteiger partial charge in [0.25, 0.3) is 0 Å². The minimum atomic E-state index is -0.692. The van der Waals surface area contributed by atoms with Crippen LogP contribution in [-0.2, 0) is 17.7 Å². The summed E-state index contributed by atoms with van der Waals surface area (Å²) in [5.41, 5.74) is 1.40. The Kier molecular flexibility index (Phi) is 6.42. The summed E-state index contributed by atoms with van der Waals surface area (Å²) >= 11 is 0. The average Bonchev–Trinajstić information content (AvgIpc) is 3.14. The fourth-order valence-electron chi connectivity index (χ4n) is 3.40. The number of nitrogens with zero attached hydrogens (tertiary/aromatic N) is 4. The standard InChI is InChI=1S/C21H30N4O4/c1-21(2,3)29-20(27)24-11-10-17(19(26)14-24)18-13-25(23-22-18)12-9-15-5-7-16(28-4)8-6-15/h5-8,13,17,19,26H,9-12,14H2,1-4H3/t17-,19+/m0/s1. The molecule has 0 spiro atoms. The molecule has 1 saturated heterocycles. The number of aromatic nitrogens is 3. The molecule has 2 heterocycles. The van der Waals surface area contributed by atoms with Gasteiger partial charge in [-0.3, -0.25) is 4.68 Å². The highest BCUT2D eigenvalue weighted by molar-refractivity contribution is 5.68. The van der Waals surface area contributed by atoms with Gasteiger partial charge in [-0.05, 0) is 51.3 Å². The lowest BCUT2D eigenvalue weighted by molar-refractivity contribution is -0.00191. The number of piperidine rings is 1. The van der Waals surface area contributed by atoms with Gasteiger partial charge in [0.05, 0.1) is 25.5 Å². The van der Waals surface area contributed by atoms with Gasteiger partial charge in [-0.25, -0.2) is 4.79 Å². The summed E-state index contributed by atoms with van der Waals surface area (Å²) in [5.74, 6) is 0.701. The van der Waals surface area contributed by atoms with Crippen LogP contribution in [0.3, 0.4) is 0 Å². The molecule has 2 aromatic rings. The van der Waals surface area contributed by atoms with Crippen molar-refractivity contribution in [1.29, 1.82) is 0 Å². The second-order valence-corrected chi connectivity index (χ2v) is 8.39. The maximum atomic E-state index is 12.2. The number of aliphatic hydroxyl groups is 1. The van der Waals surface area contributed by atoms with E-state index in [4.69, 9.17) is 9.47 Å². The Morgan fingerprint density at radius 2 is 2.00 bits per heavy atom. The van der Waals surface area contributed by atoms with Crippen LogP contribution in [0.4, 0.5) is 4.79 Å². The van der Waals surface area contributed by atoms with Gasteiger partial charge in [0.15, 0.2) is 0 Å². The number of aryl methyl sites for hydroxylation is 2. The summed E-state index contributed by atoms with van der Waals surface area (Å²) < 4.78 is 12.4. The molecule has 1 fully saturated rings. The first-order valence-electron chi connectivity index (χ1n) is 9.94. The third-order valence-corrected chi connectivity index (χ3v) is 4.96. The number of hydrogen-bond acceptors (Lipinski definition) is 6. The normalized spacial score (nSPS) is 19.8. The van der Waals surface area contributed by atoms with Gasteiger partial charge in [-0.1, -0.05) is 17.3 Å². The van der Waals surface area contributed by atoms with Crippen LogP contribution in [-0.4, -0.2) is 63.0 Å². The van der Waals surface area contributed by atoms with Crippen molar-refractivity contribution in [2.45, 2.75) is 57.8 Å². The zero-order valence-electron chi connectivity index (χ0n) is 17.5. The second kappa shape index (κ2) is 8.82. The zero-order chi connectivity index (χ0) is 21.0. The van der Waals surface area contributed by atoms with E-state index in [1.807, 2.05) is 51.2 Å². The zero-order valence-corrected chi connectivity index (χ0v) is 17.5. The molecule has 1 aliphatic heterocycles. The number of amides is 1. The van der Waals surface area contributed by atoms with Gasteiger partial charge < -0.3 is 19.5 Å². The molecule has 158 valence electrons. The molecule has 1 aromatic carbocycles. The Bertz CT molecular complexity index is 813. The highest BCUT2D eigenvalue weighted by Crippen LogP contribution is 2.28. The largest absolute Gasteiger partial charge is 0.497 e. The SMILES string of the molecule is COc1ccc(CCn2cc([C@@H]3CCN(C(=O)OC(C)(C)C)C[C@H]3O)nn2)cc1. The fraction of sp³-hybridized carbons (Fsp3) is 0.571. The number of carbonyl (C=O) groups excluding carboxylic acids is 1. The second-order valence-electron chi connectivity index (χ2n) is 8.39. The highest BCUT2D eigenvalue weighted by atomic mass is 16.6. The summed E-state index contributed by atoms with van der Waals surface area (Å²) in [5, 5.41) is 19.0. The maximum Gasteiger partial charge on any atom is 0.410 e. The Balaban J connectivity index is 1.54. The molecule has 0 saturated carbocycles. The number of hydrogen-bond donors (Lipinski definition) is 1. The van der Waals surface area contributed by atoms with Crippen molar-refractivity contribution >= 4 is 6.09 Å². The van der Waals surface area contributed by atoms with Crippen molar-refractivity contribution in [3.8, 4) is 5.75 Å². The van der Waals surface area contributed by atoms with E-state index in [1.54, 1.807) is 16.7 Å². The summed E-state index contributed by atoms with van der Waals surface area (Å²) in [7, 11) is 1.65. The van der Waals surface area contributed by atoms with E-state index in [9.17, 15) is 9.90 Å². The van der Waals surface area contributed by atoms with Crippen molar-refractivity contribution < 1.29 is 19.4 Å². The summed E-state index contributed by atoms with van der Waals surface area (Å²) in [6.07, 6.45) is 2.26. The Morgan fingerprint density at radius 3 is 2.62 bits per heavy atom. The predicted molar refractivity (Wildman–Crippen MR) is 108 cm³/mol. The number of carbonyl (C=O) groups is 1. The molecule has 0 radical (unpaired) electrons. The summed E-state index contributed by atoms with van der Waals surface area (Å²) in [6, 6.07) is 7.95. The molecule has 3 rings (SSSR count). The minimum Gasteiger partial charge on any atom is -0.497 e. The van der Waals surface area contributed by atoms with E-state index in [0.717, 1.165) is 17.9 Å². The molecule has 0 unspecified atom stereocenters. The number of rotatable bonds is 5. The first-order chi connectivity index (χ1) is 13.7. The first kappa shape index (κ1) is 21.1. The van der Waals surface area contributed by atoms with Crippen LogP contribution < -0.4 is 4.74 Å². The van der Waals surface area contributed by atoms with E-state index in [2.05, 4.69) is 10.3 Å². The number of benzene rings is 1. The molecule has 8 nitrogen and oxygen atoms in total. The quantitative estimate of drug-likeness (QED) is 0.827. The van der Waals surface area contributed by atoms with Crippen molar-refractivity contribution in [2.75, 3.05) is 20.2 Å². The van der Waals surface area contributed by atoms with Crippen molar-refractivity contribution in [1.82, 2.24) is 19.9 Å². The van der Waals surface area contributed by atoms with Crippen molar-refractivity contribution in [2.24, 2.45) is 0 Å². The molecule has 1 N–H and O–H groups in total. The van der Waals surface area contributed by atoms with Crippen LogP contribution in [0.15, 0.2) is 30.5 Å². The van der Waals surface area contributed by atoms with Crippen LogP contribution in [0, 0.1) is 0 Å². The Labute approximate surface area is 171 Å². The molecule has 0 aliphatic carbocycles. The monoisotopic (exact) mass is 402 g/mol. The molecule has 1 aromatic heterocycles. The van der Waals surface area contributed by atoms with Crippen LogP contribution in [0.5, 0.6) is 5.75 Å². The number of ether oxygens (including phenoxy) is 2. The minimum absolute atomic E-state index is 0.136. The lowest BCUT2D eigenvalue weighted by atomic mass is 9.91. The third kappa shape index (κ3) is 5.69. The predicted octanol–water partition coefficient (Wildman–Crippen LogP) is 2.61. The molecule has 8 heteroatoms. The molecule has 2 atom stereocenters. The van der Waals surface area contributed by atoms with E-state index >= 15 is 0 Å². The van der Waals surface area contributed by atoms with Gasteiger partial charge in [0.2, 0.25) is 0 Å². The number of methoxy groups -OCH3 is 1. The van der Waals surface area contributed by atoms with Crippen molar-refractivity contribution in [3.05, 3.63) is 41.7 Å². The van der Waals surface area contributed by atoms with Gasteiger partial charge in [0.1, 0.15) is 11.4 Å². The fourth-order valence-corrected chi connectivity index (χ4v) is 3.40. The van der Waals surface area contributed by atoms with Crippen LogP contribution in [0.1, 0.15) is 44.4 Å². The van der Waals surface area contributed by atoms with Gasteiger partial charge >= 0.3 is 6.09 Å². The summed E-state index contributed by atoms with van der Waals surface area (Å²) in [4.78, 5) is 13.8. The van der Waals surface area contributed by atoms with E-state index < -0.39 is 17.8 Å². The number of aliphatic hydroxyl groups excluding tert-OH is 1. The van der Waals surface area contributed by atoms with Gasteiger partial charge in [-0.2, -0.15) is 0 Å². The lowest BCUT2D eigenvalue weighted by Crippen LogP contribution is -2.47. The van der Waals surface area contributed by atoms with E-state index in [0.29, 0.717) is 19.5 Å². The lowest BCUT2D eigenvalue weighted by Gasteiger charge is -2.35. The smallest absolute Gasteiger partial charge is 0.410 e. The van der Waals surface area contributed by atoms with Crippen LogP contribution >= 0.6 is 0 Å².